The maximum atomic E-state index is 12.2. The molecule has 3 nitrogen and oxygen atoms in total. The van der Waals surface area contributed by atoms with E-state index >= 15 is 0 Å². The number of rotatable bonds is 2. The Labute approximate surface area is 127 Å². The molecular formula is C18H26N2O. The summed E-state index contributed by atoms with van der Waals surface area (Å²) >= 11 is 0. The highest BCUT2D eigenvalue weighted by Gasteiger charge is 2.41. The van der Waals surface area contributed by atoms with Gasteiger partial charge in [-0.05, 0) is 37.8 Å². The fourth-order valence-corrected chi connectivity index (χ4v) is 4.09. The Morgan fingerprint density at radius 1 is 1.24 bits per heavy atom. The monoisotopic (exact) mass is 286 g/mol. The normalized spacial score (nSPS) is 29.6. The van der Waals surface area contributed by atoms with E-state index in [4.69, 9.17) is 0 Å². The molecule has 0 saturated carbocycles. The van der Waals surface area contributed by atoms with E-state index in [1.165, 1.54) is 24.8 Å². The fraction of sp³-hybridized carbons (Fsp3) is 0.611. The van der Waals surface area contributed by atoms with Crippen molar-refractivity contribution in [3.8, 4) is 0 Å². The SMILES string of the molecule is CC(=O)N1[C@H](Cc2ccccc2)C[C@@H]2NCCCCC[C@H]21. The lowest BCUT2D eigenvalue weighted by Crippen LogP contribution is -2.47. The van der Waals surface area contributed by atoms with Crippen LogP contribution in [-0.4, -0.2) is 35.5 Å². The standard InChI is InChI=1S/C18H26N2O/c1-14(21)20-16(12-15-8-4-2-5-9-15)13-17-18(20)10-6-3-7-11-19-17/h2,4-5,8-9,16-19H,3,6-7,10-13H2,1H3/t16-,17+,18-/m1/s1. The first-order chi connectivity index (χ1) is 10.3. The summed E-state index contributed by atoms with van der Waals surface area (Å²) in [5, 5.41) is 3.69. The molecule has 0 bridgehead atoms. The third kappa shape index (κ3) is 3.29. The largest absolute Gasteiger partial charge is 0.335 e. The molecule has 2 saturated heterocycles. The van der Waals surface area contributed by atoms with E-state index in [-0.39, 0.29) is 5.91 Å². The van der Waals surface area contributed by atoms with Gasteiger partial charge in [-0.1, -0.05) is 43.2 Å². The van der Waals surface area contributed by atoms with Gasteiger partial charge in [0.2, 0.25) is 5.91 Å². The van der Waals surface area contributed by atoms with Crippen molar-refractivity contribution in [2.24, 2.45) is 0 Å². The number of hydrogen-bond donors (Lipinski definition) is 1. The lowest BCUT2D eigenvalue weighted by atomic mass is 9.98. The van der Waals surface area contributed by atoms with Crippen LogP contribution in [0.3, 0.4) is 0 Å². The van der Waals surface area contributed by atoms with Gasteiger partial charge in [-0.2, -0.15) is 0 Å². The molecule has 0 aromatic heterocycles. The van der Waals surface area contributed by atoms with E-state index in [2.05, 4.69) is 40.5 Å². The number of likely N-dealkylation sites (tertiary alicyclic amines) is 1. The van der Waals surface area contributed by atoms with Crippen LogP contribution in [0.5, 0.6) is 0 Å². The molecule has 2 aliphatic heterocycles. The van der Waals surface area contributed by atoms with E-state index in [0.29, 0.717) is 18.1 Å². The van der Waals surface area contributed by atoms with Gasteiger partial charge in [0.05, 0.1) is 0 Å². The summed E-state index contributed by atoms with van der Waals surface area (Å²) in [6.45, 7) is 2.84. The summed E-state index contributed by atoms with van der Waals surface area (Å²) < 4.78 is 0. The van der Waals surface area contributed by atoms with Crippen molar-refractivity contribution in [1.29, 1.82) is 0 Å². The van der Waals surface area contributed by atoms with Gasteiger partial charge in [0.25, 0.3) is 0 Å². The average Bonchev–Trinajstić information content (AvgIpc) is 2.77. The van der Waals surface area contributed by atoms with Crippen molar-refractivity contribution in [2.45, 2.75) is 63.6 Å². The van der Waals surface area contributed by atoms with Gasteiger partial charge in [-0.15, -0.1) is 0 Å². The summed E-state index contributed by atoms with van der Waals surface area (Å²) in [7, 11) is 0. The molecule has 2 aliphatic rings. The minimum Gasteiger partial charge on any atom is -0.335 e. The molecule has 0 spiro atoms. The minimum absolute atomic E-state index is 0.241. The maximum absolute atomic E-state index is 12.2. The highest BCUT2D eigenvalue weighted by atomic mass is 16.2. The number of carbonyl (C=O) groups excluding carboxylic acids is 1. The Balaban J connectivity index is 1.77. The molecule has 3 rings (SSSR count). The lowest BCUT2D eigenvalue weighted by Gasteiger charge is -2.32. The summed E-state index contributed by atoms with van der Waals surface area (Å²) in [6.07, 6.45) is 7.04. The van der Waals surface area contributed by atoms with Gasteiger partial charge in [0.15, 0.2) is 0 Å². The van der Waals surface area contributed by atoms with Gasteiger partial charge in [-0.3, -0.25) is 4.79 Å². The zero-order valence-corrected chi connectivity index (χ0v) is 12.9. The second-order valence-corrected chi connectivity index (χ2v) is 6.48. The molecule has 0 radical (unpaired) electrons. The quantitative estimate of drug-likeness (QED) is 0.906. The van der Waals surface area contributed by atoms with Crippen LogP contribution in [0.4, 0.5) is 0 Å². The highest BCUT2D eigenvalue weighted by Crippen LogP contribution is 2.31. The first-order valence-electron chi connectivity index (χ1n) is 8.32. The molecule has 1 aromatic rings. The second-order valence-electron chi connectivity index (χ2n) is 6.48. The predicted octanol–water partition coefficient (Wildman–Crippen LogP) is 2.75. The van der Waals surface area contributed by atoms with Gasteiger partial charge in [0.1, 0.15) is 0 Å². The Morgan fingerprint density at radius 3 is 2.81 bits per heavy atom. The number of carbonyl (C=O) groups is 1. The number of nitrogens with zero attached hydrogens (tertiary/aromatic N) is 1. The van der Waals surface area contributed by atoms with Crippen molar-refractivity contribution in [1.82, 2.24) is 10.2 Å². The zero-order valence-electron chi connectivity index (χ0n) is 12.9. The number of benzene rings is 1. The van der Waals surface area contributed by atoms with Crippen molar-refractivity contribution < 1.29 is 4.79 Å². The van der Waals surface area contributed by atoms with Crippen LogP contribution in [0.1, 0.15) is 44.6 Å². The third-order valence-electron chi connectivity index (χ3n) is 5.00. The van der Waals surface area contributed by atoms with E-state index in [0.717, 1.165) is 25.8 Å². The van der Waals surface area contributed by atoms with Gasteiger partial charge >= 0.3 is 0 Å². The Kier molecular flexibility index (Phi) is 4.59. The molecule has 2 heterocycles. The van der Waals surface area contributed by atoms with Crippen LogP contribution in [0.25, 0.3) is 0 Å². The predicted molar refractivity (Wildman–Crippen MR) is 85.1 cm³/mol. The average molecular weight is 286 g/mol. The molecule has 21 heavy (non-hydrogen) atoms. The maximum Gasteiger partial charge on any atom is 0.220 e. The van der Waals surface area contributed by atoms with Crippen LogP contribution in [0, 0.1) is 0 Å². The van der Waals surface area contributed by atoms with Crippen LogP contribution in [-0.2, 0) is 11.2 Å². The van der Waals surface area contributed by atoms with Gasteiger partial charge in [0, 0.05) is 25.0 Å². The smallest absolute Gasteiger partial charge is 0.220 e. The van der Waals surface area contributed by atoms with E-state index in [1.807, 2.05) is 0 Å². The Hall–Kier alpha value is -1.35. The van der Waals surface area contributed by atoms with E-state index in [9.17, 15) is 4.79 Å². The Bertz CT molecular complexity index is 473. The van der Waals surface area contributed by atoms with Crippen LogP contribution < -0.4 is 5.32 Å². The second kappa shape index (κ2) is 6.61. The van der Waals surface area contributed by atoms with Crippen LogP contribution >= 0.6 is 0 Å². The molecule has 0 unspecified atom stereocenters. The van der Waals surface area contributed by atoms with Crippen LogP contribution in [0.15, 0.2) is 30.3 Å². The topological polar surface area (TPSA) is 32.3 Å². The zero-order chi connectivity index (χ0) is 14.7. The lowest BCUT2D eigenvalue weighted by molar-refractivity contribution is -0.132. The molecule has 1 N–H and O–H groups in total. The molecule has 3 heteroatoms. The molecule has 2 fully saturated rings. The van der Waals surface area contributed by atoms with Crippen molar-refractivity contribution >= 4 is 5.91 Å². The molecule has 1 amide bonds. The molecular weight excluding hydrogens is 260 g/mol. The van der Waals surface area contributed by atoms with Crippen molar-refractivity contribution in [2.75, 3.05) is 6.54 Å². The number of hydrogen-bond acceptors (Lipinski definition) is 2. The molecule has 1 aromatic carbocycles. The first-order valence-corrected chi connectivity index (χ1v) is 8.32. The number of nitrogens with one attached hydrogen (secondary N) is 1. The summed E-state index contributed by atoms with van der Waals surface area (Å²) in [4.78, 5) is 14.4. The summed E-state index contributed by atoms with van der Waals surface area (Å²) in [5.74, 6) is 0.241. The summed E-state index contributed by atoms with van der Waals surface area (Å²) in [6, 6.07) is 11.8. The minimum atomic E-state index is 0.241. The first kappa shape index (κ1) is 14.6. The van der Waals surface area contributed by atoms with E-state index < -0.39 is 0 Å². The number of amides is 1. The van der Waals surface area contributed by atoms with Crippen LogP contribution in [0.2, 0.25) is 0 Å². The van der Waals surface area contributed by atoms with E-state index in [1.54, 1.807) is 6.92 Å². The Morgan fingerprint density at radius 2 is 2.05 bits per heavy atom. The third-order valence-corrected chi connectivity index (χ3v) is 5.00. The molecule has 0 aliphatic carbocycles. The van der Waals surface area contributed by atoms with Crippen molar-refractivity contribution in [3.63, 3.8) is 0 Å². The van der Waals surface area contributed by atoms with Crippen molar-refractivity contribution in [3.05, 3.63) is 35.9 Å². The number of fused-ring (bicyclic) bond motifs is 1. The fourth-order valence-electron chi connectivity index (χ4n) is 4.09. The summed E-state index contributed by atoms with van der Waals surface area (Å²) in [5.41, 5.74) is 1.34. The highest BCUT2D eigenvalue weighted by molar-refractivity contribution is 5.74. The van der Waals surface area contributed by atoms with Gasteiger partial charge in [-0.25, -0.2) is 0 Å². The van der Waals surface area contributed by atoms with Gasteiger partial charge < -0.3 is 10.2 Å². The molecule has 3 atom stereocenters. The molecule has 114 valence electrons.